The van der Waals surface area contributed by atoms with Crippen molar-refractivity contribution >= 4 is 13.7 Å². The average Bonchev–Trinajstić information content (AvgIpc) is 3.03. The lowest BCUT2D eigenvalue weighted by molar-refractivity contribution is -0.220. The molecule has 9 N–H and O–H groups in total. The number of carbonyl (C=O) groups excluding carboxylic acids is 1. The van der Waals surface area contributed by atoms with Crippen LogP contribution in [0.1, 0.15) is 117 Å². The summed E-state index contributed by atoms with van der Waals surface area (Å²) in [5.41, 5.74) is 0. The summed E-state index contributed by atoms with van der Waals surface area (Å²) in [6.07, 6.45) is 7.68. The number of aliphatic hydroxyl groups is 7. The van der Waals surface area contributed by atoms with Crippen molar-refractivity contribution < 1.29 is 59.0 Å². The summed E-state index contributed by atoms with van der Waals surface area (Å²) < 4.78 is 22.6. The molecule has 47 heavy (non-hydrogen) atoms. The van der Waals surface area contributed by atoms with Crippen LogP contribution in [0.3, 0.4) is 0 Å². The Hall–Kier alpha value is -1.22. The van der Waals surface area contributed by atoms with Gasteiger partial charge in [0, 0.05) is 0 Å². The summed E-state index contributed by atoms with van der Waals surface area (Å²) in [5, 5.41) is 73.6. The molecular formula is C33H62NO12P. The molecule has 1 saturated carbocycles. The highest BCUT2D eigenvalue weighted by Gasteiger charge is 2.51. The summed E-state index contributed by atoms with van der Waals surface area (Å²) in [4.78, 5) is 23.1. The standard InChI is InChI=1S/C33H62NO12P/c1-3-5-7-9-11-13-15-17-19-21-26(36)25(34-27(37)22-24(35)20-18-16-14-12-10-8-6-4-2)23-45-47(43,44)46-33-31(41)29(39)28(38)30(40)32(33)42/h11,13,19,21,24-26,28-33,35-36,38-42H,3-10,12,14-18,20,22-23H2,1-2H3,(H,34,37)(H,43,44)/b13-11+,21-19+. The van der Waals surface area contributed by atoms with Gasteiger partial charge in [-0.3, -0.25) is 13.8 Å². The molecule has 0 aromatic heterocycles. The van der Waals surface area contributed by atoms with E-state index < -0.39 is 75.2 Å². The normalized spacial score (nSPS) is 26.8. The number of phosphoric ester groups is 1. The molecule has 0 aliphatic heterocycles. The predicted octanol–water partition coefficient (Wildman–Crippen LogP) is 2.91. The monoisotopic (exact) mass is 695 g/mol. The molecular weight excluding hydrogens is 633 g/mol. The van der Waals surface area contributed by atoms with Gasteiger partial charge >= 0.3 is 7.82 Å². The van der Waals surface area contributed by atoms with Gasteiger partial charge < -0.3 is 46.0 Å². The Balaban J connectivity index is 2.76. The Morgan fingerprint density at radius 1 is 0.745 bits per heavy atom. The first-order valence-electron chi connectivity index (χ1n) is 17.4. The Morgan fingerprint density at radius 2 is 1.26 bits per heavy atom. The van der Waals surface area contributed by atoms with Gasteiger partial charge in [-0.1, -0.05) is 102 Å². The van der Waals surface area contributed by atoms with Gasteiger partial charge in [0.05, 0.1) is 31.3 Å². The third-order valence-corrected chi connectivity index (χ3v) is 9.28. The van der Waals surface area contributed by atoms with Gasteiger partial charge in [0.2, 0.25) is 5.91 Å². The molecule has 1 rings (SSSR count). The van der Waals surface area contributed by atoms with E-state index in [1.54, 1.807) is 6.08 Å². The molecule has 1 aliphatic rings. The van der Waals surface area contributed by atoms with Gasteiger partial charge in [-0.15, -0.1) is 0 Å². The van der Waals surface area contributed by atoms with Gasteiger partial charge in [0.25, 0.3) is 0 Å². The number of allylic oxidation sites excluding steroid dienone is 3. The molecule has 13 nitrogen and oxygen atoms in total. The lowest BCUT2D eigenvalue weighted by atomic mass is 9.85. The summed E-state index contributed by atoms with van der Waals surface area (Å²) in [7, 11) is -5.13. The zero-order chi connectivity index (χ0) is 35.2. The smallest absolute Gasteiger partial charge is 0.393 e. The van der Waals surface area contributed by atoms with Crippen molar-refractivity contribution in [2.45, 2.75) is 171 Å². The highest BCUT2D eigenvalue weighted by atomic mass is 31.2. The van der Waals surface area contributed by atoms with Crippen LogP contribution in [0.25, 0.3) is 0 Å². The van der Waals surface area contributed by atoms with Crippen molar-refractivity contribution in [3.8, 4) is 0 Å². The highest BCUT2D eigenvalue weighted by Crippen LogP contribution is 2.47. The Morgan fingerprint density at radius 3 is 1.87 bits per heavy atom. The number of phosphoric acid groups is 1. The molecule has 1 aliphatic carbocycles. The molecule has 14 heteroatoms. The zero-order valence-corrected chi connectivity index (χ0v) is 29.1. The summed E-state index contributed by atoms with van der Waals surface area (Å²) in [5.74, 6) is -0.611. The first-order valence-corrected chi connectivity index (χ1v) is 18.9. The third kappa shape index (κ3) is 18.4. The van der Waals surface area contributed by atoms with Crippen molar-refractivity contribution in [3.63, 3.8) is 0 Å². The first kappa shape index (κ1) is 43.8. The second-order valence-corrected chi connectivity index (χ2v) is 14.0. The van der Waals surface area contributed by atoms with Crippen LogP contribution in [0.15, 0.2) is 24.3 Å². The van der Waals surface area contributed by atoms with Crippen LogP contribution in [-0.4, -0.2) is 108 Å². The fraction of sp³-hybridized carbons (Fsp3) is 0.848. The number of carbonyl (C=O) groups is 1. The van der Waals surface area contributed by atoms with E-state index in [1.165, 1.54) is 38.2 Å². The van der Waals surface area contributed by atoms with E-state index in [4.69, 9.17) is 9.05 Å². The quantitative estimate of drug-likeness (QED) is 0.0362. The number of hydrogen-bond donors (Lipinski definition) is 9. The van der Waals surface area contributed by atoms with Crippen LogP contribution < -0.4 is 5.32 Å². The number of aliphatic hydroxyl groups excluding tert-OH is 7. The molecule has 0 radical (unpaired) electrons. The number of rotatable bonds is 26. The summed E-state index contributed by atoms with van der Waals surface area (Å²) >= 11 is 0. The molecule has 8 unspecified atom stereocenters. The highest BCUT2D eigenvalue weighted by molar-refractivity contribution is 7.47. The maximum absolute atomic E-state index is 12.8. The van der Waals surface area contributed by atoms with Gasteiger partial charge in [0.15, 0.2) is 0 Å². The zero-order valence-electron chi connectivity index (χ0n) is 28.2. The maximum Gasteiger partial charge on any atom is 0.472 e. The first-order chi connectivity index (χ1) is 22.3. The lowest BCUT2D eigenvalue weighted by Gasteiger charge is -2.41. The predicted molar refractivity (Wildman–Crippen MR) is 178 cm³/mol. The average molecular weight is 696 g/mol. The van der Waals surface area contributed by atoms with Gasteiger partial charge in [-0.05, 0) is 32.1 Å². The van der Waals surface area contributed by atoms with Gasteiger partial charge in [-0.25, -0.2) is 4.57 Å². The molecule has 0 heterocycles. The van der Waals surface area contributed by atoms with E-state index in [-0.39, 0.29) is 6.42 Å². The van der Waals surface area contributed by atoms with Crippen LogP contribution in [0.5, 0.6) is 0 Å². The van der Waals surface area contributed by atoms with E-state index in [1.807, 2.05) is 6.08 Å². The van der Waals surface area contributed by atoms with Gasteiger partial charge in [0.1, 0.15) is 36.6 Å². The maximum atomic E-state index is 12.8. The molecule has 0 bridgehead atoms. The van der Waals surface area contributed by atoms with Crippen molar-refractivity contribution in [3.05, 3.63) is 24.3 Å². The number of unbranched alkanes of at least 4 members (excludes halogenated alkanes) is 11. The Bertz CT molecular complexity index is 921. The van der Waals surface area contributed by atoms with Crippen LogP contribution in [0.2, 0.25) is 0 Å². The molecule has 276 valence electrons. The van der Waals surface area contributed by atoms with Crippen molar-refractivity contribution in [1.29, 1.82) is 0 Å². The van der Waals surface area contributed by atoms with E-state index in [0.29, 0.717) is 12.8 Å². The number of hydrogen-bond acceptors (Lipinski definition) is 11. The van der Waals surface area contributed by atoms with E-state index in [9.17, 15) is 50.0 Å². The molecule has 1 fully saturated rings. The topological polar surface area (TPSA) is 226 Å². The van der Waals surface area contributed by atoms with Crippen molar-refractivity contribution in [2.75, 3.05) is 6.61 Å². The summed E-state index contributed by atoms with van der Waals surface area (Å²) in [6.45, 7) is 3.56. The Kier molecular flexibility index (Phi) is 23.2. The number of nitrogens with one attached hydrogen (secondary N) is 1. The minimum Gasteiger partial charge on any atom is -0.393 e. The Labute approximate surface area is 280 Å². The SMILES string of the molecule is CCCCC/C=C/CC/C=C/C(O)C(COP(=O)(O)OC1C(O)C(O)C(O)C(O)C1O)NC(=O)CC(O)CCCCCCCCCC. The van der Waals surface area contributed by atoms with E-state index in [2.05, 4.69) is 25.2 Å². The second-order valence-electron chi connectivity index (χ2n) is 12.5. The number of amides is 1. The molecule has 1 amide bonds. The minimum absolute atomic E-state index is 0.252. The lowest BCUT2D eigenvalue weighted by Crippen LogP contribution is -2.64. The van der Waals surface area contributed by atoms with Crippen molar-refractivity contribution in [1.82, 2.24) is 5.32 Å². The van der Waals surface area contributed by atoms with Crippen LogP contribution >= 0.6 is 7.82 Å². The fourth-order valence-electron chi connectivity index (χ4n) is 5.31. The molecule has 0 spiro atoms. The van der Waals surface area contributed by atoms with E-state index >= 15 is 0 Å². The van der Waals surface area contributed by atoms with Gasteiger partial charge in [-0.2, -0.15) is 0 Å². The molecule has 0 aromatic carbocycles. The fourth-order valence-corrected chi connectivity index (χ4v) is 6.28. The molecule has 0 aromatic rings. The molecule has 8 atom stereocenters. The second kappa shape index (κ2) is 24.8. The van der Waals surface area contributed by atoms with E-state index in [0.717, 1.165) is 51.4 Å². The summed E-state index contributed by atoms with van der Waals surface area (Å²) in [6, 6.07) is -1.25. The minimum atomic E-state index is -5.13. The van der Waals surface area contributed by atoms with Crippen LogP contribution in [-0.2, 0) is 18.4 Å². The van der Waals surface area contributed by atoms with Crippen LogP contribution in [0, 0.1) is 0 Å². The molecule has 0 saturated heterocycles. The van der Waals surface area contributed by atoms with Crippen molar-refractivity contribution in [2.24, 2.45) is 0 Å². The largest absolute Gasteiger partial charge is 0.472 e. The third-order valence-electron chi connectivity index (χ3n) is 8.29. The van der Waals surface area contributed by atoms with Crippen LogP contribution in [0.4, 0.5) is 0 Å².